The Morgan fingerprint density at radius 1 is 1.38 bits per heavy atom. The third kappa shape index (κ3) is 4.40. The van der Waals surface area contributed by atoms with E-state index in [9.17, 15) is 22.8 Å². The van der Waals surface area contributed by atoms with Crippen molar-refractivity contribution in [3.8, 4) is 5.75 Å². The van der Waals surface area contributed by atoms with Crippen LogP contribution in [0.5, 0.6) is 5.75 Å². The van der Waals surface area contributed by atoms with Crippen molar-refractivity contribution >= 4 is 51.5 Å². The van der Waals surface area contributed by atoms with Crippen LogP contribution in [-0.4, -0.2) is 56.4 Å². The van der Waals surface area contributed by atoms with E-state index in [0.29, 0.717) is 17.1 Å². The standard InChI is InChI=1S/C22H20ClF3N6O3S2/c1-11-30-32-17-14(29-20(32)37-11)5-7-31(18(17)21(19(34)27-2)28-6-8-36-21)16(33)10-35-15-4-3-12(9-13(15)23)22(24,25)26/h3-4,6,8-9,18,28H,5,7,10H2,1-2H3,(H,27,34). The lowest BCUT2D eigenvalue weighted by Crippen LogP contribution is -2.61. The van der Waals surface area contributed by atoms with Crippen LogP contribution >= 0.6 is 34.7 Å². The zero-order valence-electron chi connectivity index (χ0n) is 19.4. The molecule has 1 aromatic carbocycles. The van der Waals surface area contributed by atoms with Gasteiger partial charge in [0, 0.05) is 26.2 Å². The molecule has 2 atom stereocenters. The minimum absolute atomic E-state index is 0.0600. The summed E-state index contributed by atoms with van der Waals surface area (Å²) < 4.78 is 46.1. The molecule has 2 N–H and O–H groups in total. The first kappa shape index (κ1) is 25.7. The number of carbonyl (C=O) groups excluding carboxylic acids is 2. The first-order valence-corrected chi connectivity index (χ1v) is 13.1. The van der Waals surface area contributed by atoms with E-state index in [-0.39, 0.29) is 23.2 Å². The molecule has 0 spiro atoms. The van der Waals surface area contributed by atoms with Crippen molar-refractivity contribution in [1.82, 2.24) is 30.1 Å². The molecule has 3 aromatic rings. The SMILES string of the molecule is CNC(=O)C1(C2c3c(nc4sc(C)nn34)CCN2C(=O)COc2ccc(C(F)(F)F)cc2Cl)NC=CS1. The van der Waals surface area contributed by atoms with Gasteiger partial charge in [0.2, 0.25) is 4.96 Å². The number of thioether (sulfide) groups is 1. The molecule has 2 amide bonds. The van der Waals surface area contributed by atoms with E-state index < -0.39 is 35.2 Å². The molecule has 0 saturated carbocycles. The number of benzene rings is 1. The highest BCUT2D eigenvalue weighted by Crippen LogP contribution is 2.47. The second-order valence-electron chi connectivity index (χ2n) is 8.31. The molecule has 0 bridgehead atoms. The number of ether oxygens (including phenoxy) is 1. The minimum atomic E-state index is -4.56. The lowest BCUT2D eigenvalue weighted by molar-refractivity contribution is -0.140. The normalized spacial score (nSPS) is 21.1. The minimum Gasteiger partial charge on any atom is -0.482 e. The highest BCUT2D eigenvalue weighted by atomic mass is 35.5. The largest absolute Gasteiger partial charge is 0.482 e. The highest BCUT2D eigenvalue weighted by Gasteiger charge is 2.55. The summed E-state index contributed by atoms with van der Waals surface area (Å²) in [4.78, 5) is 32.3. The van der Waals surface area contributed by atoms with E-state index in [2.05, 4.69) is 15.7 Å². The fraction of sp³-hybridized carbons (Fsp3) is 0.364. The number of likely N-dealkylation sites (N-methyl/N-ethyl adjacent to an activating group) is 1. The van der Waals surface area contributed by atoms with Gasteiger partial charge in [-0.3, -0.25) is 9.59 Å². The first-order chi connectivity index (χ1) is 17.5. The molecular weight excluding hydrogens is 553 g/mol. The Morgan fingerprint density at radius 3 is 2.81 bits per heavy atom. The van der Waals surface area contributed by atoms with E-state index >= 15 is 0 Å². The maximum Gasteiger partial charge on any atom is 0.416 e. The summed E-state index contributed by atoms with van der Waals surface area (Å²) in [6.07, 6.45) is -2.50. The molecular formula is C22H20ClF3N6O3S2. The van der Waals surface area contributed by atoms with Gasteiger partial charge in [0.15, 0.2) is 11.5 Å². The quantitative estimate of drug-likeness (QED) is 0.482. The third-order valence-electron chi connectivity index (χ3n) is 6.08. The maximum absolute atomic E-state index is 13.5. The Labute approximate surface area is 222 Å². The molecule has 0 radical (unpaired) electrons. The number of halogens is 4. The van der Waals surface area contributed by atoms with Crippen LogP contribution in [0, 0.1) is 6.92 Å². The molecule has 2 aromatic heterocycles. The number of nitrogens with zero attached hydrogens (tertiary/aromatic N) is 4. The van der Waals surface area contributed by atoms with Gasteiger partial charge in [0.05, 0.1) is 22.0 Å². The van der Waals surface area contributed by atoms with Crippen molar-refractivity contribution in [2.75, 3.05) is 20.2 Å². The molecule has 2 aliphatic heterocycles. The van der Waals surface area contributed by atoms with Gasteiger partial charge in [-0.25, -0.2) is 9.50 Å². The number of rotatable bonds is 5. The molecule has 37 heavy (non-hydrogen) atoms. The topological polar surface area (TPSA) is 101 Å². The van der Waals surface area contributed by atoms with Crippen molar-refractivity contribution < 1.29 is 27.5 Å². The average molecular weight is 573 g/mol. The summed E-state index contributed by atoms with van der Waals surface area (Å²) in [5.74, 6) is -0.895. The van der Waals surface area contributed by atoms with Crippen LogP contribution in [0.3, 0.4) is 0 Å². The van der Waals surface area contributed by atoms with E-state index in [1.54, 1.807) is 16.1 Å². The monoisotopic (exact) mass is 572 g/mol. The summed E-state index contributed by atoms with van der Waals surface area (Å²) in [7, 11) is 1.51. The molecule has 2 unspecified atom stereocenters. The van der Waals surface area contributed by atoms with Crippen LogP contribution in [-0.2, 0) is 22.2 Å². The fourth-order valence-corrected chi connectivity index (χ4v) is 6.53. The predicted octanol–water partition coefficient (Wildman–Crippen LogP) is 3.53. The van der Waals surface area contributed by atoms with Gasteiger partial charge in [0.1, 0.15) is 16.8 Å². The van der Waals surface area contributed by atoms with Crippen LogP contribution in [0.1, 0.15) is 28.0 Å². The Bertz CT molecular complexity index is 1410. The lowest BCUT2D eigenvalue weighted by Gasteiger charge is -2.44. The summed E-state index contributed by atoms with van der Waals surface area (Å²) in [6.45, 7) is 1.58. The summed E-state index contributed by atoms with van der Waals surface area (Å²) >= 11 is 8.62. The Morgan fingerprint density at radius 2 is 2.16 bits per heavy atom. The summed E-state index contributed by atoms with van der Waals surface area (Å²) in [5, 5.41) is 12.6. The number of aromatic nitrogens is 3. The fourth-order valence-electron chi connectivity index (χ4n) is 4.46. The molecule has 196 valence electrons. The van der Waals surface area contributed by atoms with Gasteiger partial charge in [-0.2, -0.15) is 18.3 Å². The van der Waals surface area contributed by atoms with Crippen molar-refractivity contribution in [1.29, 1.82) is 0 Å². The number of fused-ring (bicyclic) bond motifs is 3. The second kappa shape index (κ2) is 9.40. The number of amides is 2. The van der Waals surface area contributed by atoms with Gasteiger partial charge < -0.3 is 20.3 Å². The molecule has 0 fully saturated rings. The molecule has 5 rings (SSSR count). The number of nitrogens with one attached hydrogen (secondary N) is 2. The van der Waals surface area contributed by atoms with Crippen molar-refractivity contribution in [3.05, 3.63) is 56.8 Å². The summed E-state index contributed by atoms with van der Waals surface area (Å²) in [6, 6.07) is 1.83. The number of carbonyl (C=O) groups is 2. The Balaban J connectivity index is 1.49. The zero-order chi connectivity index (χ0) is 26.5. The van der Waals surface area contributed by atoms with Crippen LogP contribution in [0.15, 0.2) is 29.8 Å². The zero-order valence-corrected chi connectivity index (χ0v) is 21.8. The second-order valence-corrected chi connectivity index (χ2v) is 11.0. The number of imidazole rings is 1. The van der Waals surface area contributed by atoms with Crippen molar-refractivity contribution in [2.24, 2.45) is 0 Å². The average Bonchev–Trinajstić information content (AvgIpc) is 3.56. The Kier molecular flexibility index (Phi) is 6.52. The van der Waals surface area contributed by atoms with E-state index in [1.165, 1.54) is 35.0 Å². The van der Waals surface area contributed by atoms with Crippen LogP contribution in [0.25, 0.3) is 4.96 Å². The van der Waals surface area contributed by atoms with Gasteiger partial charge in [-0.1, -0.05) is 34.7 Å². The molecule has 15 heteroatoms. The molecule has 0 aliphatic carbocycles. The highest BCUT2D eigenvalue weighted by molar-refractivity contribution is 8.04. The van der Waals surface area contributed by atoms with E-state index in [0.717, 1.165) is 28.9 Å². The van der Waals surface area contributed by atoms with Gasteiger partial charge in [-0.15, -0.1) is 0 Å². The predicted molar refractivity (Wildman–Crippen MR) is 132 cm³/mol. The molecule has 9 nitrogen and oxygen atoms in total. The van der Waals surface area contributed by atoms with Gasteiger partial charge in [0.25, 0.3) is 11.8 Å². The van der Waals surface area contributed by atoms with E-state index in [4.69, 9.17) is 21.3 Å². The number of alkyl halides is 3. The lowest BCUT2D eigenvalue weighted by atomic mass is 9.94. The smallest absolute Gasteiger partial charge is 0.416 e. The van der Waals surface area contributed by atoms with Gasteiger partial charge >= 0.3 is 6.18 Å². The Hall–Kier alpha value is -2.97. The molecule has 2 aliphatic rings. The number of hydrogen-bond donors (Lipinski definition) is 2. The molecule has 4 heterocycles. The van der Waals surface area contributed by atoms with Crippen molar-refractivity contribution in [3.63, 3.8) is 0 Å². The number of aryl methyl sites for hydroxylation is 1. The maximum atomic E-state index is 13.5. The number of hydrogen-bond acceptors (Lipinski definition) is 8. The van der Waals surface area contributed by atoms with Gasteiger partial charge in [-0.05, 0) is 30.5 Å². The first-order valence-electron chi connectivity index (χ1n) is 11.0. The van der Waals surface area contributed by atoms with Crippen LogP contribution in [0.4, 0.5) is 13.2 Å². The third-order valence-corrected chi connectivity index (χ3v) is 8.37. The van der Waals surface area contributed by atoms with Crippen LogP contribution < -0.4 is 15.4 Å². The van der Waals surface area contributed by atoms with Crippen molar-refractivity contribution in [2.45, 2.75) is 30.4 Å². The van der Waals surface area contributed by atoms with E-state index in [1.807, 2.05) is 6.92 Å². The summed E-state index contributed by atoms with van der Waals surface area (Å²) in [5.41, 5.74) is 0.420. The molecule has 0 saturated heterocycles. The van der Waals surface area contributed by atoms with Crippen LogP contribution in [0.2, 0.25) is 5.02 Å².